The number of benzene rings is 1. The van der Waals surface area contributed by atoms with Gasteiger partial charge in [0.2, 0.25) is 0 Å². The lowest BCUT2D eigenvalue weighted by molar-refractivity contribution is -0.143. The predicted octanol–water partition coefficient (Wildman–Crippen LogP) is 3.49. The molecular formula is C16H15ClO2. The molecule has 0 saturated heterocycles. The van der Waals surface area contributed by atoms with Crippen LogP contribution in [0.2, 0.25) is 5.02 Å². The molecule has 1 aromatic rings. The third kappa shape index (κ3) is 3.53. The molecule has 0 bridgehead atoms. The van der Waals surface area contributed by atoms with Gasteiger partial charge in [-0.1, -0.05) is 23.7 Å². The van der Waals surface area contributed by atoms with Crippen LogP contribution in [0.3, 0.4) is 0 Å². The van der Waals surface area contributed by atoms with Crippen molar-refractivity contribution < 1.29 is 9.90 Å². The molecule has 1 aromatic carbocycles. The third-order valence-electron chi connectivity index (χ3n) is 2.92. The molecule has 3 heteroatoms. The van der Waals surface area contributed by atoms with Crippen molar-refractivity contribution in [2.24, 2.45) is 0 Å². The first-order valence-corrected chi connectivity index (χ1v) is 6.23. The zero-order valence-electron chi connectivity index (χ0n) is 11.0. The highest BCUT2D eigenvalue weighted by Crippen LogP contribution is 2.33. The van der Waals surface area contributed by atoms with Gasteiger partial charge in [-0.2, -0.15) is 0 Å². The van der Waals surface area contributed by atoms with E-state index in [1.54, 1.807) is 38.1 Å². The molecule has 0 unspecified atom stereocenters. The minimum atomic E-state index is -1.13. The average molecular weight is 275 g/mol. The number of carbonyl (C=O) groups is 1. The molecule has 0 spiro atoms. The van der Waals surface area contributed by atoms with E-state index in [0.717, 1.165) is 0 Å². The summed E-state index contributed by atoms with van der Waals surface area (Å²) in [6.07, 6.45) is 0.432. The molecule has 98 valence electrons. The van der Waals surface area contributed by atoms with Crippen LogP contribution < -0.4 is 0 Å². The Morgan fingerprint density at radius 2 is 1.84 bits per heavy atom. The van der Waals surface area contributed by atoms with Gasteiger partial charge in [0.1, 0.15) is 5.41 Å². The summed E-state index contributed by atoms with van der Waals surface area (Å²) in [6.45, 7) is 3.38. The Kier molecular flexibility index (Phi) is 5.49. The fourth-order valence-electron chi connectivity index (χ4n) is 1.81. The quantitative estimate of drug-likeness (QED) is 0.854. The van der Waals surface area contributed by atoms with E-state index in [2.05, 4.69) is 23.7 Å². The van der Waals surface area contributed by atoms with E-state index in [-0.39, 0.29) is 12.8 Å². The summed E-state index contributed by atoms with van der Waals surface area (Å²) in [5, 5.41) is 10.2. The monoisotopic (exact) mass is 274 g/mol. The molecule has 0 atom stereocenters. The van der Waals surface area contributed by atoms with Crippen LogP contribution in [-0.2, 0) is 10.2 Å². The van der Waals surface area contributed by atoms with Gasteiger partial charge in [0, 0.05) is 17.9 Å². The molecular weight excluding hydrogens is 260 g/mol. The van der Waals surface area contributed by atoms with Gasteiger partial charge in [-0.15, -0.1) is 23.7 Å². The van der Waals surface area contributed by atoms with Crippen LogP contribution >= 0.6 is 11.6 Å². The fourth-order valence-corrected chi connectivity index (χ4v) is 2.00. The highest BCUT2D eigenvalue weighted by molar-refractivity contribution is 6.30. The van der Waals surface area contributed by atoms with Crippen molar-refractivity contribution in [1.29, 1.82) is 0 Å². The van der Waals surface area contributed by atoms with Crippen LogP contribution in [-0.4, -0.2) is 11.1 Å². The maximum atomic E-state index is 11.8. The third-order valence-corrected chi connectivity index (χ3v) is 3.16. The largest absolute Gasteiger partial charge is 0.481 e. The van der Waals surface area contributed by atoms with E-state index in [1.807, 2.05) is 0 Å². The summed E-state index contributed by atoms with van der Waals surface area (Å²) in [5.74, 6) is 10.3. The number of hydrogen-bond acceptors (Lipinski definition) is 1. The second-order valence-electron chi connectivity index (χ2n) is 4.10. The maximum absolute atomic E-state index is 11.8. The number of rotatable bonds is 4. The van der Waals surface area contributed by atoms with Gasteiger partial charge in [0.05, 0.1) is 0 Å². The van der Waals surface area contributed by atoms with E-state index in [0.29, 0.717) is 10.6 Å². The summed E-state index contributed by atoms with van der Waals surface area (Å²) in [4.78, 5) is 11.8. The minimum absolute atomic E-state index is 0.216. The first kappa shape index (κ1) is 15.2. The summed E-state index contributed by atoms with van der Waals surface area (Å²) in [5.41, 5.74) is -0.491. The van der Waals surface area contributed by atoms with Crippen LogP contribution in [0.1, 0.15) is 32.3 Å². The van der Waals surface area contributed by atoms with Gasteiger partial charge in [0.15, 0.2) is 0 Å². The zero-order chi connectivity index (χ0) is 14.3. The fraction of sp³-hybridized carbons (Fsp3) is 0.312. The molecule has 1 N–H and O–H groups in total. The number of carboxylic acids is 1. The van der Waals surface area contributed by atoms with Crippen LogP contribution in [0.25, 0.3) is 0 Å². The molecule has 0 heterocycles. The number of aliphatic carboxylic acids is 1. The SMILES string of the molecule is CC#CCC(CC#CC)(C(=O)O)c1cccc(Cl)c1. The smallest absolute Gasteiger partial charge is 0.316 e. The maximum Gasteiger partial charge on any atom is 0.316 e. The van der Waals surface area contributed by atoms with E-state index >= 15 is 0 Å². The Bertz CT molecular complexity index is 560. The van der Waals surface area contributed by atoms with Crippen molar-refractivity contribution in [3.8, 4) is 23.7 Å². The molecule has 0 aliphatic heterocycles. The van der Waals surface area contributed by atoms with Crippen molar-refractivity contribution >= 4 is 17.6 Å². The Morgan fingerprint density at radius 1 is 1.26 bits per heavy atom. The highest BCUT2D eigenvalue weighted by atomic mass is 35.5. The molecule has 0 aromatic heterocycles. The van der Waals surface area contributed by atoms with Crippen LogP contribution in [0.15, 0.2) is 24.3 Å². The predicted molar refractivity (Wildman–Crippen MR) is 76.9 cm³/mol. The van der Waals surface area contributed by atoms with Crippen molar-refractivity contribution in [3.05, 3.63) is 34.9 Å². The van der Waals surface area contributed by atoms with Crippen LogP contribution in [0.5, 0.6) is 0 Å². The lowest BCUT2D eigenvalue weighted by Crippen LogP contribution is -2.35. The average Bonchev–Trinajstić information content (AvgIpc) is 2.39. The van der Waals surface area contributed by atoms with E-state index in [4.69, 9.17) is 11.6 Å². The molecule has 0 aliphatic carbocycles. The lowest BCUT2D eigenvalue weighted by Gasteiger charge is -2.26. The van der Waals surface area contributed by atoms with Crippen molar-refractivity contribution in [2.75, 3.05) is 0 Å². The van der Waals surface area contributed by atoms with Gasteiger partial charge in [-0.05, 0) is 31.5 Å². The lowest BCUT2D eigenvalue weighted by atomic mass is 9.75. The first-order valence-electron chi connectivity index (χ1n) is 5.85. The topological polar surface area (TPSA) is 37.3 Å². The van der Waals surface area contributed by atoms with Gasteiger partial charge in [-0.25, -0.2) is 0 Å². The molecule has 0 fully saturated rings. The van der Waals surface area contributed by atoms with Gasteiger partial charge in [-0.3, -0.25) is 4.79 Å². The molecule has 0 saturated carbocycles. The Hall–Kier alpha value is -1.90. The molecule has 2 nitrogen and oxygen atoms in total. The minimum Gasteiger partial charge on any atom is -0.481 e. The van der Waals surface area contributed by atoms with Gasteiger partial charge >= 0.3 is 5.97 Å². The van der Waals surface area contributed by atoms with E-state index < -0.39 is 11.4 Å². The van der Waals surface area contributed by atoms with Crippen molar-refractivity contribution in [3.63, 3.8) is 0 Å². The molecule has 0 aliphatic rings. The summed E-state index contributed by atoms with van der Waals surface area (Å²) >= 11 is 5.96. The summed E-state index contributed by atoms with van der Waals surface area (Å²) in [7, 11) is 0. The van der Waals surface area contributed by atoms with Crippen LogP contribution in [0, 0.1) is 23.7 Å². The highest BCUT2D eigenvalue weighted by Gasteiger charge is 2.39. The normalized spacial score (nSPS) is 9.84. The van der Waals surface area contributed by atoms with Crippen LogP contribution in [0.4, 0.5) is 0 Å². The molecule has 1 rings (SSSR count). The zero-order valence-corrected chi connectivity index (χ0v) is 11.7. The first-order chi connectivity index (χ1) is 9.06. The summed E-state index contributed by atoms with van der Waals surface area (Å²) < 4.78 is 0. The van der Waals surface area contributed by atoms with Gasteiger partial charge in [0.25, 0.3) is 0 Å². The number of hydrogen-bond donors (Lipinski definition) is 1. The molecule has 19 heavy (non-hydrogen) atoms. The Morgan fingerprint density at radius 3 is 2.26 bits per heavy atom. The summed E-state index contributed by atoms with van der Waals surface area (Å²) in [6, 6.07) is 6.89. The second-order valence-corrected chi connectivity index (χ2v) is 4.54. The second kappa shape index (κ2) is 6.88. The van der Waals surface area contributed by atoms with Crippen molar-refractivity contribution in [1.82, 2.24) is 0 Å². The number of carboxylic acid groups (broad SMARTS) is 1. The molecule has 0 amide bonds. The van der Waals surface area contributed by atoms with Gasteiger partial charge < -0.3 is 5.11 Å². The standard InChI is InChI=1S/C16H15ClO2/c1-3-5-10-16(15(18)19,11-6-4-2)13-8-7-9-14(17)12-13/h7-9,12H,10-11H2,1-2H3,(H,18,19). The number of halogens is 1. The van der Waals surface area contributed by atoms with E-state index in [9.17, 15) is 9.90 Å². The Balaban J connectivity index is 3.38. The van der Waals surface area contributed by atoms with E-state index in [1.165, 1.54) is 0 Å². The molecule has 0 radical (unpaired) electrons. The van der Waals surface area contributed by atoms with Crippen molar-refractivity contribution in [2.45, 2.75) is 32.1 Å². The Labute approximate surface area is 118 Å².